The Morgan fingerprint density at radius 2 is 1.74 bits per heavy atom. The fourth-order valence-electron chi connectivity index (χ4n) is 3.97. The first-order valence-electron chi connectivity index (χ1n) is 9.03. The number of piperidine rings is 1. The lowest BCUT2D eigenvalue weighted by Gasteiger charge is -2.47. The van der Waals surface area contributed by atoms with Crippen LogP contribution in [0.15, 0.2) is 30.3 Å². The summed E-state index contributed by atoms with van der Waals surface area (Å²) in [6.07, 6.45) is 5.33. The zero-order chi connectivity index (χ0) is 16.5. The topological polar surface area (TPSA) is 32.3 Å². The minimum absolute atomic E-state index is 0.319. The summed E-state index contributed by atoms with van der Waals surface area (Å²) in [6, 6.07) is 10.2. The van der Waals surface area contributed by atoms with Gasteiger partial charge in [-0.2, -0.15) is 0 Å². The fraction of sp³-hybridized carbons (Fsp3) is 0.650. The Labute approximate surface area is 140 Å². The van der Waals surface area contributed by atoms with Crippen LogP contribution in [0.4, 0.5) is 5.69 Å². The molecule has 126 valence electrons. The Kier molecular flexibility index (Phi) is 4.39. The summed E-state index contributed by atoms with van der Waals surface area (Å²) < 4.78 is 0. The summed E-state index contributed by atoms with van der Waals surface area (Å²) in [5, 5.41) is 3.54. The number of anilines is 1. The third-order valence-corrected chi connectivity index (χ3v) is 5.78. The van der Waals surface area contributed by atoms with Crippen molar-refractivity contribution in [2.24, 2.45) is 11.3 Å². The maximum Gasteiger partial charge on any atom is 0.248 e. The SMILES string of the molecule is CC(C)(C)C1CCN(C(=O)C2(Nc3ccccc3)CCC2)CC1. The largest absolute Gasteiger partial charge is 0.371 e. The van der Waals surface area contributed by atoms with Gasteiger partial charge in [0.05, 0.1) is 0 Å². The number of benzene rings is 1. The van der Waals surface area contributed by atoms with E-state index in [2.05, 4.69) is 43.1 Å². The van der Waals surface area contributed by atoms with Gasteiger partial charge in [-0.25, -0.2) is 0 Å². The van der Waals surface area contributed by atoms with Crippen LogP contribution in [0.5, 0.6) is 0 Å². The van der Waals surface area contributed by atoms with Crippen molar-refractivity contribution in [1.82, 2.24) is 4.90 Å². The van der Waals surface area contributed by atoms with Gasteiger partial charge in [0.2, 0.25) is 5.91 Å². The van der Waals surface area contributed by atoms with Crippen LogP contribution in [0.1, 0.15) is 52.9 Å². The number of carbonyl (C=O) groups excluding carboxylic acids is 1. The van der Waals surface area contributed by atoms with Gasteiger partial charge in [-0.05, 0) is 55.6 Å². The third kappa shape index (κ3) is 3.39. The van der Waals surface area contributed by atoms with Crippen molar-refractivity contribution >= 4 is 11.6 Å². The molecule has 3 heteroatoms. The number of para-hydroxylation sites is 1. The molecule has 0 aromatic heterocycles. The highest BCUT2D eigenvalue weighted by molar-refractivity contribution is 5.90. The van der Waals surface area contributed by atoms with Gasteiger partial charge < -0.3 is 10.2 Å². The second-order valence-electron chi connectivity index (χ2n) is 8.36. The average Bonchev–Trinajstić information content (AvgIpc) is 2.50. The highest BCUT2D eigenvalue weighted by Gasteiger charge is 2.47. The Balaban J connectivity index is 1.65. The van der Waals surface area contributed by atoms with Crippen LogP contribution in [0.25, 0.3) is 0 Å². The zero-order valence-electron chi connectivity index (χ0n) is 14.8. The lowest BCUT2D eigenvalue weighted by atomic mass is 9.73. The van der Waals surface area contributed by atoms with Gasteiger partial charge in [0.25, 0.3) is 0 Å². The molecule has 0 unspecified atom stereocenters. The number of hydrogen-bond acceptors (Lipinski definition) is 2. The number of likely N-dealkylation sites (tertiary alicyclic amines) is 1. The Bertz CT molecular complexity index is 535. The van der Waals surface area contributed by atoms with E-state index < -0.39 is 0 Å². The van der Waals surface area contributed by atoms with Crippen LogP contribution in [0.2, 0.25) is 0 Å². The van der Waals surface area contributed by atoms with Crippen molar-refractivity contribution in [3.63, 3.8) is 0 Å². The van der Waals surface area contributed by atoms with Gasteiger partial charge in [0.15, 0.2) is 0 Å². The Morgan fingerprint density at radius 3 is 2.22 bits per heavy atom. The zero-order valence-corrected chi connectivity index (χ0v) is 14.8. The van der Waals surface area contributed by atoms with E-state index in [-0.39, 0.29) is 5.54 Å². The summed E-state index contributed by atoms with van der Waals surface area (Å²) in [4.78, 5) is 15.2. The van der Waals surface area contributed by atoms with Crippen LogP contribution in [0.3, 0.4) is 0 Å². The van der Waals surface area contributed by atoms with Gasteiger partial charge in [-0.15, -0.1) is 0 Å². The highest BCUT2D eigenvalue weighted by atomic mass is 16.2. The molecule has 1 aliphatic heterocycles. The maximum atomic E-state index is 13.1. The average molecular weight is 314 g/mol. The standard InChI is InChI=1S/C20H30N2O/c1-19(2,3)16-10-14-22(15-11-16)18(23)20(12-7-13-20)21-17-8-5-4-6-9-17/h4-6,8-9,16,21H,7,10-15H2,1-3H3. The molecule has 1 aromatic carbocycles. The molecule has 2 fully saturated rings. The molecule has 1 amide bonds. The molecule has 0 spiro atoms. The van der Waals surface area contributed by atoms with Crippen LogP contribution in [0, 0.1) is 11.3 Å². The molecule has 1 N–H and O–H groups in total. The number of nitrogens with one attached hydrogen (secondary N) is 1. The highest BCUT2D eigenvalue weighted by Crippen LogP contribution is 2.39. The summed E-state index contributed by atoms with van der Waals surface area (Å²) in [7, 11) is 0. The minimum atomic E-state index is -0.351. The van der Waals surface area contributed by atoms with Gasteiger partial charge in [-0.1, -0.05) is 39.0 Å². The normalized spacial score (nSPS) is 21.6. The smallest absolute Gasteiger partial charge is 0.248 e. The molecular formula is C20H30N2O. The van der Waals surface area contributed by atoms with Crippen LogP contribution < -0.4 is 5.32 Å². The van der Waals surface area contributed by atoms with E-state index in [1.807, 2.05) is 18.2 Å². The predicted octanol–water partition coefficient (Wildman–Crippen LogP) is 4.31. The molecule has 23 heavy (non-hydrogen) atoms. The van der Waals surface area contributed by atoms with Crippen molar-refractivity contribution in [3.8, 4) is 0 Å². The molecule has 1 aliphatic carbocycles. The van der Waals surface area contributed by atoms with Crippen molar-refractivity contribution < 1.29 is 4.79 Å². The second kappa shape index (κ2) is 6.18. The summed E-state index contributed by atoms with van der Waals surface area (Å²) in [6.45, 7) is 8.79. The molecule has 3 rings (SSSR count). The van der Waals surface area contributed by atoms with E-state index >= 15 is 0 Å². The van der Waals surface area contributed by atoms with E-state index in [1.54, 1.807) is 0 Å². The first kappa shape index (κ1) is 16.4. The fourth-order valence-corrected chi connectivity index (χ4v) is 3.97. The van der Waals surface area contributed by atoms with Crippen molar-refractivity contribution in [2.45, 2.75) is 58.4 Å². The molecule has 2 aliphatic rings. The summed E-state index contributed by atoms with van der Waals surface area (Å²) >= 11 is 0. The number of nitrogens with zero attached hydrogens (tertiary/aromatic N) is 1. The van der Waals surface area contributed by atoms with E-state index in [1.165, 1.54) is 0 Å². The molecule has 3 nitrogen and oxygen atoms in total. The third-order valence-electron chi connectivity index (χ3n) is 5.78. The molecule has 1 aromatic rings. The summed E-state index contributed by atoms with van der Waals surface area (Å²) in [5.74, 6) is 1.05. The molecule has 1 saturated carbocycles. The number of amides is 1. The monoisotopic (exact) mass is 314 g/mol. The molecular weight excluding hydrogens is 284 g/mol. The predicted molar refractivity (Wildman–Crippen MR) is 95.4 cm³/mol. The molecule has 1 heterocycles. The molecule has 0 atom stereocenters. The number of carbonyl (C=O) groups is 1. The lowest BCUT2D eigenvalue weighted by Crippen LogP contribution is -2.59. The number of rotatable bonds is 3. The van der Waals surface area contributed by atoms with E-state index in [9.17, 15) is 4.79 Å². The van der Waals surface area contributed by atoms with Crippen molar-refractivity contribution in [3.05, 3.63) is 30.3 Å². The van der Waals surface area contributed by atoms with Gasteiger partial charge >= 0.3 is 0 Å². The van der Waals surface area contributed by atoms with Crippen LogP contribution >= 0.6 is 0 Å². The minimum Gasteiger partial charge on any atom is -0.371 e. The van der Waals surface area contributed by atoms with Crippen LogP contribution in [-0.4, -0.2) is 29.4 Å². The lowest BCUT2D eigenvalue weighted by molar-refractivity contribution is -0.140. The van der Waals surface area contributed by atoms with E-state index in [4.69, 9.17) is 0 Å². The molecule has 0 bridgehead atoms. The quantitative estimate of drug-likeness (QED) is 0.902. The van der Waals surface area contributed by atoms with Gasteiger partial charge in [0, 0.05) is 18.8 Å². The van der Waals surface area contributed by atoms with Crippen LogP contribution in [-0.2, 0) is 4.79 Å². The first-order chi connectivity index (χ1) is 10.9. The van der Waals surface area contributed by atoms with E-state index in [0.717, 1.165) is 56.8 Å². The molecule has 0 radical (unpaired) electrons. The summed E-state index contributed by atoms with van der Waals surface area (Å²) in [5.41, 5.74) is 1.06. The Morgan fingerprint density at radius 1 is 1.13 bits per heavy atom. The van der Waals surface area contributed by atoms with E-state index in [0.29, 0.717) is 11.3 Å². The second-order valence-corrected chi connectivity index (χ2v) is 8.36. The van der Waals surface area contributed by atoms with Crippen molar-refractivity contribution in [1.29, 1.82) is 0 Å². The van der Waals surface area contributed by atoms with Crippen molar-refractivity contribution in [2.75, 3.05) is 18.4 Å². The Hall–Kier alpha value is -1.51. The van der Waals surface area contributed by atoms with Gasteiger partial charge in [0.1, 0.15) is 5.54 Å². The van der Waals surface area contributed by atoms with Gasteiger partial charge in [-0.3, -0.25) is 4.79 Å². The first-order valence-corrected chi connectivity index (χ1v) is 9.03. The number of hydrogen-bond donors (Lipinski definition) is 1. The maximum absolute atomic E-state index is 13.1. The molecule has 1 saturated heterocycles.